The molecule has 0 radical (unpaired) electrons. The number of benzene rings is 1. The van der Waals surface area contributed by atoms with Gasteiger partial charge in [0.15, 0.2) is 0 Å². The summed E-state index contributed by atoms with van der Waals surface area (Å²) in [6.07, 6.45) is 0.735. The Labute approximate surface area is 113 Å². The molecule has 1 aromatic carbocycles. The highest BCUT2D eigenvalue weighted by molar-refractivity contribution is 7.89. The van der Waals surface area contributed by atoms with Crippen molar-refractivity contribution in [1.82, 2.24) is 4.31 Å². The molecule has 1 aromatic rings. The number of hydrogen-bond donors (Lipinski definition) is 0. The van der Waals surface area contributed by atoms with E-state index in [-0.39, 0.29) is 16.8 Å². The van der Waals surface area contributed by atoms with E-state index in [9.17, 15) is 8.42 Å². The van der Waals surface area contributed by atoms with E-state index in [0.717, 1.165) is 6.42 Å². The maximum atomic E-state index is 12.5. The highest BCUT2D eigenvalue weighted by atomic mass is 35.5. The van der Waals surface area contributed by atoms with Crippen LogP contribution in [-0.2, 0) is 20.6 Å². The summed E-state index contributed by atoms with van der Waals surface area (Å²) in [4.78, 5) is 0.286. The molecule has 1 aliphatic rings. The van der Waals surface area contributed by atoms with Gasteiger partial charge in [-0.1, -0.05) is 18.2 Å². The molecule has 6 heteroatoms. The smallest absolute Gasteiger partial charge is 0.243 e. The van der Waals surface area contributed by atoms with Crippen LogP contribution < -0.4 is 0 Å². The minimum atomic E-state index is -3.50. The summed E-state index contributed by atoms with van der Waals surface area (Å²) in [5, 5.41) is 0. The van der Waals surface area contributed by atoms with Gasteiger partial charge in [0.05, 0.1) is 17.5 Å². The average Bonchev–Trinajstić information content (AvgIpc) is 2.91. The van der Waals surface area contributed by atoms with Crippen LogP contribution in [0.15, 0.2) is 29.2 Å². The molecule has 0 N–H and O–H groups in total. The van der Waals surface area contributed by atoms with Gasteiger partial charge < -0.3 is 4.74 Å². The summed E-state index contributed by atoms with van der Waals surface area (Å²) in [6.45, 7) is 1.07. The third-order valence-corrected chi connectivity index (χ3v) is 5.49. The van der Waals surface area contributed by atoms with Gasteiger partial charge in [0.2, 0.25) is 10.0 Å². The first kappa shape index (κ1) is 13.8. The normalized spacial score (nSPS) is 20.5. The molecule has 2 rings (SSSR count). The molecule has 100 valence electrons. The van der Waals surface area contributed by atoms with Gasteiger partial charge in [-0.2, -0.15) is 4.31 Å². The third kappa shape index (κ3) is 2.54. The van der Waals surface area contributed by atoms with Gasteiger partial charge in [0.1, 0.15) is 0 Å². The van der Waals surface area contributed by atoms with Crippen LogP contribution in [0.2, 0.25) is 0 Å². The molecule has 1 aliphatic heterocycles. The van der Waals surface area contributed by atoms with Crippen LogP contribution in [0.1, 0.15) is 12.0 Å². The quantitative estimate of drug-likeness (QED) is 0.795. The van der Waals surface area contributed by atoms with Gasteiger partial charge in [0, 0.05) is 19.5 Å². The lowest BCUT2D eigenvalue weighted by atomic mass is 10.2. The fourth-order valence-corrected chi connectivity index (χ4v) is 3.93. The van der Waals surface area contributed by atoms with Gasteiger partial charge >= 0.3 is 0 Å². The zero-order chi connectivity index (χ0) is 13.2. The standard InChI is InChI=1S/C12H16ClNO3S/c1-14(11-6-7-17-9-11)18(15,16)12-5-3-2-4-10(12)8-13/h2-5,11H,6-9H2,1H3. The molecule has 1 atom stereocenters. The van der Waals surface area contributed by atoms with Crippen LogP contribution in [0.3, 0.4) is 0 Å². The Morgan fingerprint density at radius 1 is 1.44 bits per heavy atom. The first-order chi connectivity index (χ1) is 8.57. The Balaban J connectivity index is 2.35. The van der Waals surface area contributed by atoms with Crippen LogP contribution in [-0.4, -0.2) is 39.0 Å². The summed E-state index contributed by atoms with van der Waals surface area (Å²) in [6, 6.07) is 6.74. The van der Waals surface area contributed by atoms with Crippen LogP contribution >= 0.6 is 11.6 Å². The number of sulfonamides is 1. The lowest BCUT2D eigenvalue weighted by Crippen LogP contribution is -2.37. The molecule has 0 bridgehead atoms. The van der Waals surface area contributed by atoms with E-state index < -0.39 is 10.0 Å². The molecule has 4 nitrogen and oxygen atoms in total. The van der Waals surface area contributed by atoms with E-state index in [2.05, 4.69) is 0 Å². The maximum absolute atomic E-state index is 12.5. The van der Waals surface area contributed by atoms with Crippen LogP contribution in [0.4, 0.5) is 0 Å². The average molecular weight is 290 g/mol. The number of halogens is 1. The van der Waals surface area contributed by atoms with Crippen molar-refractivity contribution in [2.75, 3.05) is 20.3 Å². The topological polar surface area (TPSA) is 46.6 Å². The van der Waals surface area contributed by atoms with Gasteiger partial charge in [0.25, 0.3) is 0 Å². The fraction of sp³-hybridized carbons (Fsp3) is 0.500. The predicted octanol–water partition coefficient (Wildman–Crippen LogP) is 1.83. The summed E-state index contributed by atoms with van der Waals surface area (Å²) in [5.74, 6) is 0.185. The number of ether oxygens (including phenoxy) is 1. The van der Waals surface area contributed by atoms with Crippen molar-refractivity contribution >= 4 is 21.6 Å². The van der Waals surface area contributed by atoms with E-state index >= 15 is 0 Å². The Bertz CT molecular complexity index is 512. The number of nitrogens with zero attached hydrogens (tertiary/aromatic N) is 1. The van der Waals surface area contributed by atoms with Crippen LogP contribution in [0, 0.1) is 0 Å². The molecule has 0 amide bonds. The van der Waals surface area contributed by atoms with Crippen molar-refractivity contribution in [3.05, 3.63) is 29.8 Å². The monoisotopic (exact) mass is 289 g/mol. The summed E-state index contributed by atoms with van der Waals surface area (Å²) in [5.41, 5.74) is 0.630. The minimum absolute atomic E-state index is 0.0848. The molecule has 0 saturated carbocycles. The van der Waals surface area contributed by atoms with E-state index in [1.807, 2.05) is 0 Å². The maximum Gasteiger partial charge on any atom is 0.243 e. The Hall–Kier alpha value is -0.620. The SMILES string of the molecule is CN(C1CCOC1)S(=O)(=O)c1ccccc1CCl. The molecule has 1 fully saturated rings. The Morgan fingerprint density at radius 2 is 2.17 bits per heavy atom. The van der Waals surface area contributed by atoms with Crippen molar-refractivity contribution in [3.63, 3.8) is 0 Å². The molecule has 1 heterocycles. The third-order valence-electron chi connectivity index (χ3n) is 3.19. The van der Waals surface area contributed by atoms with Crippen molar-refractivity contribution in [2.24, 2.45) is 0 Å². The fourth-order valence-electron chi connectivity index (χ4n) is 2.03. The van der Waals surface area contributed by atoms with Crippen molar-refractivity contribution in [2.45, 2.75) is 23.2 Å². The molecular weight excluding hydrogens is 274 g/mol. The predicted molar refractivity (Wildman–Crippen MR) is 70.2 cm³/mol. The minimum Gasteiger partial charge on any atom is -0.380 e. The first-order valence-corrected chi connectivity index (χ1v) is 7.74. The molecule has 1 unspecified atom stereocenters. The van der Waals surface area contributed by atoms with Crippen molar-refractivity contribution < 1.29 is 13.2 Å². The summed E-state index contributed by atoms with van der Waals surface area (Å²) in [7, 11) is -1.90. The number of hydrogen-bond acceptors (Lipinski definition) is 3. The largest absolute Gasteiger partial charge is 0.380 e. The van der Waals surface area contributed by atoms with E-state index in [0.29, 0.717) is 18.8 Å². The lowest BCUT2D eigenvalue weighted by molar-refractivity contribution is 0.181. The van der Waals surface area contributed by atoms with Crippen molar-refractivity contribution in [3.8, 4) is 0 Å². The molecule has 0 spiro atoms. The van der Waals surface area contributed by atoms with Gasteiger partial charge in [-0.25, -0.2) is 8.42 Å². The van der Waals surface area contributed by atoms with E-state index in [4.69, 9.17) is 16.3 Å². The van der Waals surface area contributed by atoms with Gasteiger partial charge in [-0.05, 0) is 18.1 Å². The second kappa shape index (κ2) is 5.57. The molecule has 0 aliphatic carbocycles. The first-order valence-electron chi connectivity index (χ1n) is 5.77. The highest BCUT2D eigenvalue weighted by Crippen LogP contribution is 2.24. The Morgan fingerprint density at radius 3 is 2.78 bits per heavy atom. The van der Waals surface area contributed by atoms with Gasteiger partial charge in [-0.15, -0.1) is 11.6 Å². The van der Waals surface area contributed by atoms with Gasteiger partial charge in [-0.3, -0.25) is 0 Å². The number of likely N-dealkylation sites (N-methyl/N-ethyl adjacent to an activating group) is 1. The second-order valence-electron chi connectivity index (χ2n) is 4.28. The lowest BCUT2D eigenvalue weighted by Gasteiger charge is -2.23. The van der Waals surface area contributed by atoms with E-state index in [1.165, 1.54) is 4.31 Å². The van der Waals surface area contributed by atoms with Crippen LogP contribution in [0.5, 0.6) is 0 Å². The van der Waals surface area contributed by atoms with E-state index in [1.54, 1.807) is 31.3 Å². The Kier molecular flexibility index (Phi) is 4.27. The summed E-state index contributed by atoms with van der Waals surface area (Å²) >= 11 is 5.79. The number of alkyl halides is 1. The zero-order valence-corrected chi connectivity index (χ0v) is 11.7. The highest BCUT2D eigenvalue weighted by Gasteiger charge is 2.31. The molecule has 1 saturated heterocycles. The van der Waals surface area contributed by atoms with Crippen LogP contribution in [0.25, 0.3) is 0 Å². The zero-order valence-electron chi connectivity index (χ0n) is 10.2. The van der Waals surface area contributed by atoms with Crippen molar-refractivity contribution in [1.29, 1.82) is 0 Å². The molecule has 0 aromatic heterocycles. The molecular formula is C12H16ClNO3S. The number of rotatable bonds is 4. The molecule has 18 heavy (non-hydrogen) atoms. The second-order valence-corrected chi connectivity index (χ2v) is 6.51. The summed E-state index contributed by atoms with van der Waals surface area (Å²) < 4.78 is 31.6.